The Kier molecular flexibility index (Phi) is 6.24. The van der Waals surface area contributed by atoms with Crippen molar-refractivity contribution in [3.63, 3.8) is 0 Å². The molecule has 0 atom stereocenters. The van der Waals surface area contributed by atoms with Crippen molar-refractivity contribution >= 4 is 28.9 Å². The van der Waals surface area contributed by atoms with Crippen LogP contribution < -0.4 is 15.4 Å². The van der Waals surface area contributed by atoms with E-state index in [1.807, 2.05) is 6.07 Å². The molecule has 2 N–H and O–H groups in total. The Morgan fingerprint density at radius 1 is 1.19 bits per heavy atom. The molecule has 3 rings (SSSR count). The van der Waals surface area contributed by atoms with Gasteiger partial charge in [-0.1, -0.05) is 6.07 Å². The molecule has 2 aromatic carbocycles. The molecule has 0 saturated carbocycles. The number of rotatable bonds is 4. The quantitative estimate of drug-likeness (QED) is 0.788. The zero-order valence-electron chi connectivity index (χ0n) is 15.1. The van der Waals surface area contributed by atoms with Crippen LogP contribution in [-0.2, 0) is 0 Å². The van der Waals surface area contributed by atoms with E-state index in [0.717, 1.165) is 31.6 Å². The van der Waals surface area contributed by atoms with Crippen LogP contribution in [0.25, 0.3) is 0 Å². The fourth-order valence-corrected chi connectivity index (χ4v) is 3.30. The Bertz CT molecular complexity index is 805. The highest BCUT2D eigenvalue weighted by Gasteiger charge is 2.22. The van der Waals surface area contributed by atoms with Gasteiger partial charge in [0.25, 0.3) is 5.91 Å². The fraction of sp³-hybridized carbons (Fsp3) is 0.300. The zero-order chi connectivity index (χ0) is 19.2. The summed E-state index contributed by atoms with van der Waals surface area (Å²) in [5.41, 5.74) is 1.35. The summed E-state index contributed by atoms with van der Waals surface area (Å²) >= 11 is 5.44. The number of ether oxygens (including phenoxy) is 1. The third-order valence-corrected chi connectivity index (χ3v) is 4.91. The highest BCUT2D eigenvalue weighted by molar-refractivity contribution is 7.80. The van der Waals surface area contributed by atoms with Gasteiger partial charge in [-0.05, 0) is 67.5 Å². The van der Waals surface area contributed by atoms with Gasteiger partial charge in [0.05, 0.1) is 7.11 Å². The first kappa shape index (κ1) is 19.1. The molecule has 1 fully saturated rings. The van der Waals surface area contributed by atoms with Crippen molar-refractivity contribution < 1.29 is 13.9 Å². The minimum Gasteiger partial charge on any atom is -0.497 e. The topological polar surface area (TPSA) is 53.6 Å². The summed E-state index contributed by atoms with van der Waals surface area (Å²) in [5.74, 6) is 0.285. The van der Waals surface area contributed by atoms with Crippen molar-refractivity contribution in [2.24, 2.45) is 0 Å². The number of methoxy groups -OCH3 is 1. The summed E-state index contributed by atoms with van der Waals surface area (Å²) in [5, 5.41) is 6.81. The highest BCUT2D eigenvalue weighted by Crippen LogP contribution is 2.16. The van der Waals surface area contributed by atoms with Crippen LogP contribution in [0.4, 0.5) is 10.1 Å². The second kappa shape index (κ2) is 8.81. The summed E-state index contributed by atoms with van der Waals surface area (Å²) in [6, 6.07) is 13.3. The van der Waals surface area contributed by atoms with Crippen LogP contribution in [0.3, 0.4) is 0 Å². The number of nitrogens with one attached hydrogen (secondary N) is 2. The van der Waals surface area contributed by atoms with E-state index in [0.29, 0.717) is 16.4 Å². The van der Waals surface area contributed by atoms with Crippen LogP contribution in [0.1, 0.15) is 23.2 Å². The zero-order valence-corrected chi connectivity index (χ0v) is 15.9. The number of hydrogen-bond donors (Lipinski definition) is 2. The molecule has 2 aromatic rings. The number of carbonyl (C=O) groups is 1. The van der Waals surface area contributed by atoms with Crippen molar-refractivity contribution in [1.82, 2.24) is 10.2 Å². The first-order chi connectivity index (χ1) is 13.0. The Labute approximate surface area is 163 Å². The first-order valence-corrected chi connectivity index (χ1v) is 9.22. The second-order valence-corrected chi connectivity index (χ2v) is 6.79. The Hall–Kier alpha value is -2.67. The van der Waals surface area contributed by atoms with Gasteiger partial charge in [0, 0.05) is 30.4 Å². The summed E-state index contributed by atoms with van der Waals surface area (Å²) < 4.78 is 18.1. The molecule has 1 amide bonds. The molecule has 27 heavy (non-hydrogen) atoms. The number of halogens is 1. The molecule has 7 heteroatoms. The van der Waals surface area contributed by atoms with Gasteiger partial charge in [0.1, 0.15) is 11.6 Å². The fourth-order valence-electron chi connectivity index (χ4n) is 3.00. The number of amides is 1. The first-order valence-electron chi connectivity index (χ1n) is 8.81. The van der Waals surface area contributed by atoms with E-state index in [9.17, 15) is 9.18 Å². The maximum atomic E-state index is 13.0. The number of likely N-dealkylation sites (tertiary alicyclic amines) is 1. The van der Waals surface area contributed by atoms with Crippen LogP contribution in [-0.4, -0.2) is 42.2 Å². The molecule has 0 aromatic heterocycles. The van der Waals surface area contributed by atoms with Gasteiger partial charge >= 0.3 is 0 Å². The molecule has 5 nitrogen and oxygen atoms in total. The SMILES string of the molecule is COc1cccc(C(=O)NC2CCN(C(=S)Nc3ccc(F)cc3)CC2)c1. The molecule has 0 radical (unpaired) electrons. The van der Waals surface area contributed by atoms with Gasteiger partial charge in [-0.2, -0.15) is 0 Å². The van der Waals surface area contributed by atoms with E-state index in [1.165, 1.54) is 12.1 Å². The highest BCUT2D eigenvalue weighted by atomic mass is 32.1. The largest absolute Gasteiger partial charge is 0.497 e. The molecule has 0 aliphatic carbocycles. The smallest absolute Gasteiger partial charge is 0.251 e. The van der Waals surface area contributed by atoms with Crippen molar-refractivity contribution in [2.45, 2.75) is 18.9 Å². The molecule has 0 bridgehead atoms. The van der Waals surface area contributed by atoms with Crippen LogP contribution in [0.2, 0.25) is 0 Å². The third kappa shape index (κ3) is 5.17. The standard InChI is InChI=1S/C20H22FN3O2S/c1-26-18-4-2-3-14(13-18)19(25)22-17-9-11-24(12-10-17)20(27)23-16-7-5-15(21)6-8-16/h2-8,13,17H,9-12H2,1H3,(H,22,25)(H,23,27). The van der Waals surface area contributed by atoms with E-state index in [1.54, 1.807) is 37.4 Å². The van der Waals surface area contributed by atoms with Gasteiger partial charge in [0.2, 0.25) is 0 Å². The number of hydrogen-bond acceptors (Lipinski definition) is 3. The predicted molar refractivity (Wildman–Crippen MR) is 108 cm³/mol. The lowest BCUT2D eigenvalue weighted by molar-refractivity contribution is 0.0922. The molecule has 1 aliphatic rings. The van der Waals surface area contributed by atoms with Gasteiger partial charge in [-0.15, -0.1) is 0 Å². The number of thiocarbonyl (C=S) groups is 1. The lowest BCUT2D eigenvalue weighted by Gasteiger charge is -2.34. The van der Waals surface area contributed by atoms with Crippen LogP contribution in [0, 0.1) is 5.82 Å². The van der Waals surface area contributed by atoms with E-state index in [2.05, 4.69) is 15.5 Å². The lowest BCUT2D eigenvalue weighted by atomic mass is 10.0. The Morgan fingerprint density at radius 3 is 2.56 bits per heavy atom. The van der Waals surface area contributed by atoms with Crippen molar-refractivity contribution in [3.8, 4) is 5.75 Å². The molecule has 0 unspecified atom stereocenters. The van der Waals surface area contributed by atoms with E-state index in [4.69, 9.17) is 17.0 Å². The average Bonchev–Trinajstić information content (AvgIpc) is 2.70. The van der Waals surface area contributed by atoms with E-state index < -0.39 is 0 Å². The van der Waals surface area contributed by atoms with Crippen LogP contribution >= 0.6 is 12.2 Å². The Balaban J connectivity index is 1.48. The summed E-state index contributed by atoms with van der Waals surface area (Å²) in [4.78, 5) is 14.5. The van der Waals surface area contributed by atoms with Crippen molar-refractivity contribution in [2.75, 3.05) is 25.5 Å². The molecule has 1 heterocycles. The summed E-state index contributed by atoms with van der Waals surface area (Å²) in [6.07, 6.45) is 1.61. The summed E-state index contributed by atoms with van der Waals surface area (Å²) in [7, 11) is 1.58. The molecule has 1 saturated heterocycles. The maximum Gasteiger partial charge on any atom is 0.251 e. The number of carbonyl (C=O) groups excluding carboxylic acids is 1. The normalized spacial score (nSPS) is 14.5. The van der Waals surface area contributed by atoms with E-state index >= 15 is 0 Å². The minimum atomic E-state index is -0.279. The van der Waals surface area contributed by atoms with Gasteiger partial charge < -0.3 is 20.3 Å². The number of piperidine rings is 1. The van der Waals surface area contributed by atoms with E-state index in [-0.39, 0.29) is 17.8 Å². The predicted octanol–water partition coefficient (Wildman–Crippen LogP) is 3.43. The van der Waals surface area contributed by atoms with Crippen molar-refractivity contribution in [1.29, 1.82) is 0 Å². The molecular weight excluding hydrogens is 365 g/mol. The monoisotopic (exact) mass is 387 g/mol. The van der Waals surface area contributed by atoms with Gasteiger partial charge in [-0.3, -0.25) is 4.79 Å². The van der Waals surface area contributed by atoms with Gasteiger partial charge in [-0.25, -0.2) is 4.39 Å². The number of nitrogens with zero attached hydrogens (tertiary/aromatic N) is 1. The lowest BCUT2D eigenvalue weighted by Crippen LogP contribution is -2.47. The molecule has 142 valence electrons. The number of anilines is 1. The Morgan fingerprint density at radius 2 is 1.89 bits per heavy atom. The third-order valence-electron chi connectivity index (χ3n) is 4.54. The summed E-state index contributed by atoms with van der Waals surface area (Å²) in [6.45, 7) is 1.49. The molecule has 1 aliphatic heterocycles. The maximum absolute atomic E-state index is 13.0. The minimum absolute atomic E-state index is 0.0978. The second-order valence-electron chi connectivity index (χ2n) is 6.40. The van der Waals surface area contributed by atoms with Crippen molar-refractivity contribution in [3.05, 3.63) is 59.9 Å². The molecule has 0 spiro atoms. The van der Waals surface area contributed by atoms with Crippen LogP contribution in [0.5, 0.6) is 5.75 Å². The van der Waals surface area contributed by atoms with Crippen LogP contribution in [0.15, 0.2) is 48.5 Å². The molecular formula is C20H22FN3O2S. The average molecular weight is 387 g/mol. The number of benzene rings is 2. The van der Waals surface area contributed by atoms with Gasteiger partial charge in [0.15, 0.2) is 5.11 Å².